The SMILES string of the molecule is Cc1ccc(F)c(C(=O)N2CCC(Cc3ccccc3C(=O)O)CC2)c1. The van der Waals surface area contributed by atoms with Crippen LogP contribution in [-0.4, -0.2) is 35.0 Å². The first-order valence-electron chi connectivity index (χ1n) is 8.82. The van der Waals surface area contributed by atoms with E-state index < -0.39 is 11.8 Å². The predicted octanol–water partition coefficient (Wildman–Crippen LogP) is 3.93. The van der Waals surface area contributed by atoms with Crippen LogP contribution in [0.1, 0.15) is 44.7 Å². The van der Waals surface area contributed by atoms with Gasteiger partial charge in [0.2, 0.25) is 0 Å². The lowest BCUT2D eigenvalue weighted by Gasteiger charge is -2.32. The molecule has 3 rings (SSSR count). The van der Waals surface area contributed by atoms with Gasteiger partial charge in [-0.1, -0.05) is 29.8 Å². The lowest BCUT2D eigenvalue weighted by atomic mass is 9.88. The molecule has 0 unspecified atom stereocenters. The largest absolute Gasteiger partial charge is 0.478 e. The van der Waals surface area contributed by atoms with Crippen molar-refractivity contribution in [2.24, 2.45) is 5.92 Å². The number of carboxylic acid groups (broad SMARTS) is 1. The monoisotopic (exact) mass is 355 g/mol. The highest BCUT2D eigenvalue weighted by Gasteiger charge is 2.26. The van der Waals surface area contributed by atoms with E-state index in [1.807, 2.05) is 19.1 Å². The molecule has 0 radical (unpaired) electrons. The third kappa shape index (κ3) is 3.93. The fourth-order valence-electron chi connectivity index (χ4n) is 3.53. The van der Waals surface area contributed by atoms with Gasteiger partial charge in [-0.05, 0) is 55.9 Å². The van der Waals surface area contributed by atoms with Gasteiger partial charge in [0, 0.05) is 13.1 Å². The molecule has 1 heterocycles. The Morgan fingerprint density at radius 3 is 2.50 bits per heavy atom. The summed E-state index contributed by atoms with van der Waals surface area (Å²) in [6.07, 6.45) is 2.25. The number of aromatic carboxylic acids is 1. The first-order valence-corrected chi connectivity index (χ1v) is 8.82. The van der Waals surface area contributed by atoms with Gasteiger partial charge in [0.25, 0.3) is 5.91 Å². The Morgan fingerprint density at radius 2 is 1.81 bits per heavy atom. The highest BCUT2D eigenvalue weighted by atomic mass is 19.1. The number of benzene rings is 2. The Bertz CT molecular complexity index is 826. The maximum atomic E-state index is 14.0. The fraction of sp³-hybridized carbons (Fsp3) is 0.333. The number of halogens is 1. The molecule has 0 spiro atoms. The van der Waals surface area contributed by atoms with E-state index in [0.29, 0.717) is 31.0 Å². The summed E-state index contributed by atoms with van der Waals surface area (Å²) in [5.74, 6) is -1.35. The van der Waals surface area contributed by atoms with Crippen LogP contribution in [0.15, 0.2) is 42.5 Å². The Kier molecular flexibility index (Phi) is 5.35. The topological polar surface area (TPSA) is 57.6 Å². The van der Waals surface area contributed by atoms with Gasteiger partial charge in [0.1, 0.15) is 5.82 Å². The molecule has 0 aromatic heterocycles. The molecule has 1 amide bonds. The van der Waals surface area contributed by atoms with E-state index in [2.05, 4.69) is 0 Å². The van der Waals surface area contributed by atoms with Crippen molar-refractivity contribution >= 4 is 11.9 Å². The van der Waals surface area contributed by atoms with Crippen molar-refractivity contribution in [1.29, 1.82) is 0 Å². The minimum Gasteiger partial charge on any atom is -0.478 e. The zero-order valence-electron chi connectivity index (χ0n) is 14.7. The molecule has 26 heavy (non-hydrogen) atoms. The molecule has 1 N–H and O–H groups in total. The van der Waals surface area contributed by atoms with Gasteiger partial charge in [-0.3, -0.25) is 4.79 Å². The van der Waals surface area contributed by atoms with Gasteiger partial charge in [0.05, 0.1) is 11.1 Å². The van der Waals surface area contributed by atoms with Crippen molar-refractivity contribution < 1.29 is 19.1 Å². The Morgan fingerprint density at radius 1 is 1.12 bits per heavy atom. The lowest BCUT2D eigenvalue weighted by Crippen LogP contribution is -2.39. The number of hydrogen-bond donors (Lipinski definition) is 1. The smallest absolute Gasteiger partial charge is 0.335 e. The van der Waals surface area contributed by atoms with Crippen LogP contribution in [0.25, 0.3) is 0 Å². The number of carboxylic acids is 1. The third-order valence-electron chi connectivity index (χ3n) is 5.01. The van der Waals surface area contributed by atoms with Crippen LogP contribution in [0, 0.1) is 18.7 Å². The zero-order chi connectivity index (χ0) is 18.7. The number of nitrogens with zero attached hydrogens (tertiary/aromatic N) is 1. The molecule has 0 bridgehead atoms. The predicted molar refractivity (Wildman–Crippen MR) is 96.9 cm³/mol. The summed E-state index contributed by atoms with van der Waals surface area (Å²) in [6, 6.07) is 11.6. The zero-order valence-corrected chi connectivity index (χ0v) is 14.7. The summed E-state index contributed by atoms with van der Waals surface area (Å²) >= 11 is 0. The first kappa shape index (κ1) is 18.1. The maximum absolute atomic E-state index is 14.0. The second-order valence-corrected chi connectivity index (χ2v) is 6.89. The standard InChI is InChI=1S/C21H22FNO3/c1-14-6-7-19(22)18(12-14)20(24)23-10-8-15(9-11-23)13-16-4-2-3-5-17(16)21(25)26/h2-7,12,15H,8-11,13H2,1H3,(H,25,26). The van der Waals surface area contributed by atoms with Crippen LogP contribution in [0.3, 0.4) is 0 Å². The molecule has 1 aliphatic heterocycles. The highest BCUT2D eigenvalue weighted by Crippen LogP contribution is 2.25. The molecule has 1 fully saturated rings. The van der Waals surface area contributed by atoms with E-state index in [0.717, 1.165) is 24.0 Å². The summed E-state index contributed by atoms with van der Waals surface area (Å²) < 4.78 is 14.0. The van der Waals surface area contributed by atoms with Crippen molar-refractivity contribution in [2.45, 2.75) is 26.2 Å². The van der Waals surface area contributed by atoms with Gasteiger partial charge in [-0.25, -0.2) is 9.18 Å². The van der Waals surface area contributed by atoms with E-state index in [-0.39, 0.29) is 11.5 Å². The number of amides is 1. The Hall–Kier alpha value is -2.69. The van der Waals surface area contributed by atoms with Crippen molar-refractivity contribution in [3.05, 3.63) is 70.5 Å². The number of carbonyl (C=O) groups is 2. The summed E-state index contributed by atoms with van der Waals surface area (Å²) in [6.45, 7) is 2.96. The number of piperidine rings is 1. The van der Waals surface area contributed by atoms with Gasteiger partial charge in [0.15, 0.2) is 0 Å². The van der Waals surface area contributed by atoms with Crippen LogP contribution < -0.4 is 0 Å². The molecular formula is C21H22FNO3. The average Bonchev–Trinajstić information content (AvgIpc) is 2.64. The van der Waals surface area contributed by atoms with Gasteiger partial charge in [-0.15, -0.1) is 0 Å². The molecule has 4 nitrogen and oxygen atoms in total. The first-order chi connectivity index (χ1) is 12.5. The van der Waals surface area contributed by atoms with Crippen LogP contribution in [-0.2, 0) is 6.42 Å². The quantitative estimate of drug-likeness (QED) is 0.904. The summed E-state index contributed by atoms with van der Waals surface area (Å²) in [4.78, 5) is 25.6. The molecule has 136 valence electrons. The Balaban J connectivity index is 1.64. The van der Waals surface area contributed by atoms with Gasteiger partial charge in [-0.2, -0.15) is 0 Å². The van der Waals surface area contributed by atoms with Crippen LogP contribution in [0.5, 0.6) is 0 Å². The molecular weight excluding hydrogens is 333 g/mol. The number of rotatable bonds is 4. The molecule has 2 aromatic rings. The van der Waals surface area contributed by atoms with Crippen molar-refractivity contribution in [1.82, 2.24) is 4.90 Å². The number of hydrogen-bond acceptors (Lipinski definition) is 2. The maximum Gasteiger partial charge on any atom is 0.335 e. The van der Waals surface area contributed by atoms with E-state index >= 15 is 0 Å². The van der Waals surface area contributed by atoms with E-state index in [1.54, 1.807) is 29.2 Å². The summed E-state index contributed by atoms with van der Waals surface area (Å²) in [5.41, 5.74) is 2.15. The average molecular weight is 355 g/mol. The summed E-state index contributed by atoms with van der Waals surface area (Å²) in [5, 5.41) is 9.30. The van der Waals surface area contributed by atoms with Crippen LogP contribution >= 0.6 is 0 Å². The minimum absolute atomic E-state index is 0.125. The molecule has 0 atom stereocenters. The highest BCUT2D eigenvalue weighted by molar-refractivity contribution is 5.94. The van der Waals surface area contributed by atoms with Crippen molar-refractivity contribution in [2.75, 3.05) is 13.1 Å². The Labute approximate surface area is 152 Å². The molecule has 0 aliphatic carbocycles. The van der Waals surface area contributed by atoms with E-state index in [1.165, 1.54) is 6.07 Å². The fourth-order valence-corrected chi connectivity index (χ4v) is 3.53. The van der Waals surface area contributed by atoms with Crippen molar-refractivity contribution in [3.8, 4) is 0 Å². The number of aryl methyl sites for hydroxylation is 1. The van der Waals surface area contributed by atoms with Crippen molar-refractivity contribution in [3.63, 3.8) is 0 Å². The van der Waals surface area contributed by atoms with Gasteiger partial charge >= 0.3 is 5.97 Å². The lowest BCUT2D eigenvalue weighted by molar-refractivity contribution is 0.0685. The molecule has 1 saturated heterocycles. The normalized spacial score (nSPS) is 15.1. The van der Waals surface area contributed by atoms with Gasteiger partial charge < -0.3 is 10.0 Å². The second kappa shape index (κ2) is 7.68. The molecule has 2 aromatic carbocycles. The minimum atomic E-state index is -0.914. The van der Waals surface area contributed by atoms with Crippen LogP contribution in [0.4, 0.5) is 4.39 Å². The number of likely N-dealkylation sites (tertiary alicyclic amines) is 1. The summed E-state index contributed by atoms with van der Waals surface area (Å²) in [7, 11) is 0. The molecule has 0 saturated carbocycles. The molecule has 5 heteroatoms. The third-order valence-corrected chi connectivity index (χ3v) is 5.01. The second-order valence-electron chi connectivity index (χ2n) is 6.89. The van der Waals surface area contributed by atoms with Crippen LogP contribution in [0.2, 0.25) is 0 Å². The molecule has 1 aliphatic rings. The van der Waals surface area contributed by atoms with E-state index in [9.17, 15) is 19.1 Å². The van der Waals surface area contributed by atoms with E-state index in [4.69, 9.17) is 0 Å². The number of carbonyl (C=O) groups excluding carboxylic acids is 1.